The first-order valence-electron chi connectivity index (χ1n) is 4.34. The maximum atomic E-state index is 12.6. The molecule has 0 heterocycles. The van der Waals surface area contributed by atoms with Crippen molar-refractivity contribution in [3.8, 4) is 0 Å². The highest BCUT2D eigenvalue weighted by molar-refractivity contribution is 5.88. The second-order valence-corrected chi connectivity index (χ2v) is 3.28. The molecule has 15 heavy (non-hydrogen) atoms. The number of fused-ring (bicyclic) bond motifs is 1. The van der Waals surface area contributed by atoms with Gasteiger partial charge in [-0.2, -0.15) is 13.2 Å². The molecular weight excluding hydrogens is 203 g/mol. The second-order valence-electron chi connectivity index (χ2n) is 3.28. The maximum absolute atomic E-state index is 12.6. The largest absolute Gasteiger partial charge is 0.417 e. The molecule has 0 radical (unpaired) electrons. The topological polar surface area (TPSA) is 26.0 Å². The van der Waals surface area contributed by atoms with Crippen molar-refractivity contribution < 1.29 is 13.2 Å². The number of hydrogen-bond acceptors (Lipinski definition) is 1. The van der Waals surface area contributed by atoms with Crippen molar-refractivity contribution >= 4 is 16.5 Å². The number of rotatable bonds is 0. The van der Waals surface area contributed by atoms with Crippen molar-refractivity contribution in [1.29, 1.82) is 0 Å². The number of nitrogen functional groups attached to an aromatic ring is 1. The van der Waals surface area contributed by atoms with Crippen molar-refractivity contribution in [3.63, 3.8) is 0 Å². The van der Waals surface area contributed by atoms with Crippen LogP contribution in [0.3, 0.4) is 0 Å². The van der Waals surface area contributed by atoms with E-state index < -0.39 is 11.7 Å². The average molecular weight is 211 g/mol. The fourth-order valence-electron chi connectivity index (χ4n) is 1.54. The van der Waals surface area contributed by atoms with Crippen LogP contribution >= 0.6 is 0 Å². The van der Waals surface area contributed by atoms with Crippen LogP contribution in [0.25, 0.3) is 10.8 Å². The molecule has 2 rings (SSSR count). The summed E-state index contributed by atoms with van der Waals surface area (Å²) >= 11 is 0. The Balaban J connectivity index is 2.80. The predicted molar refractivity (Wildman–Crippen MR) is 53.4 cm³/mol. The molecule has 0 saturated carbocycles. The lowest BCUT2D eigenvalue weighted by molar-refractivity contribution is -0.136. The Hall–Kier alpha value is -1.71. The van der Waals surface area contributed by atoms with Crippen molar-refractivity contribution in [1.82, 2.24) is 0 Å². The highest BCUT2D eigenvalue weighted by Crippen LogP contribution is 2.35. The molecule has 2 aromatic rings. The van der Waals surface area contributed by atoms with Crippen LogP contribution in [0.2, 0.25) is 0 Å². The lowest BCUT2D eigenvalue weighted by Gasteiger charge is -2.10. The molecule has 0 bridgehead atoms. The highest BCUT2D eigenvalue weighted by Gasteiger charge is 2.32. The number of halogens is 3. The van der Waals surface area contributed by atoms with Crippen molar-refractivity contribution in [3.05, 3.63) is 42.0 Å². The van der Waals surface area contributed by atoms with Crippen molar-refractivity contribution in [2.24, 2.45) is 0 Å². The van der Waals surface area contributed by atoms with Crippen molar-refractivity contribution in [2.75, 3.05) is 5.73 Å². The summed E-state index contributed by atoms with van der Waals surface area (Å²) in [7, 11) is 0. The molecule has 2 aromatic carbocycles. The van der Waals surface area contributed by atoms with E-state index >= 15 is 0 Å². The zero-order chi connectivity index (χ0) is 11.1. The van der Waals surface area contributed by atoms with Crippen LogP contribution in [0.1, 0.15) is 5.56 Å². The third-order valence-corrected chi connectivity index (χ3v) is 2.21. The van der Waals surface area contributed by atoms with Gasteiger partial charge in [0.05, 0.1) is 5.56 Å². The Morgan fingerprint density at radius 2 is 1.73 bits per heavy atom. The highest BCUT2D eigenvalue weighted by atomic mass is 19.4. The zero-order valence-corrected chi connectivity index (χ0v) is 7.68. The van der Waals surface area contributed by atoms with Gasteiger partial charge in [-0.15, -0.1) is 0 Å². The number of nitrogens with two attached hydrogens (primary N) is 1. The summed E-state index contributed by atoms with van der Waals surface area (Å²) in [5, 5.41) is 0.684. The third-order valence-electron chi connectivity index (χ3n) is 2.21. The number of anilines is 1. The van der Waals surface area contributed by atoms with Gasteiger partial charge >= 0.3 is 6.18 Å². The first-order chi connectivity index (χ1) is 6.98. The minimum absolute atomic E-state index is 0.144. The van der Waals surface area contributed by atoms with Crippen LogP contribution in [-0.2, 0) is 6.18 Å². The molecule has 0 saturated heterocycles. The molecule has 2 N–H and O–H groups in total. The second kappa shape index (κ2) is 3.15. The third kappa shape index (κ3) is 1.75. The molecule has 4 heteroatoms. The molecule has 0 aliphatic rings. The van der Waals surface area contributed by atoms with Gasteiger partial charge in [-0.1, -0.05) is 18.2 Å². The van der Waals surface area contributed by atoms with Gasteiger partial charge in [0.25, 0.3) is 0 Å². The van der Waals surface area contributed by atoms with Gasteiger partial charge in [0.15, 0.2) is 0 Å². The monoisotopic (exact) mass is 211 g/mol. The fourth-order valence-corrected chi connectivity index (χ4v) is 1.54. The van der Waals surface area contributed by atoms with E-state index in [4.69, 9.17) is 5.73 Å². The normalized spacial score (nSPS) is 11.9. The minimum Gasteiger partial charge on any atom is -0.399 e. The van der Waals surface area contributed by atoms with Crippen LogP contribution in [-0.4, -0.2) is 0 Å². The lowest BCUT2D eigenvalue weighted by atomic mass is 10.0. The molecule has 0 spiro atoms. The van der Waals surface area contributed by atoms with Gasteiger partial charge in [0.2, 0.25) is 0 Å². The standard InChI is InChI=1S/C11H8F3N/c12-11(13,14)10-3-1-2-7-4-5-8(15)6-9(7)10/h1-6H,15H2. The van der Waals surface area contributed by atoms with Crippen LogP contribution in [0.4, 0.5) is 18.9 Å². The molecule has 0 fully saturated rings. The summed E-state index contributed by atoms with van der Waals surface area (Å²) < 4.78 is 37.8. The van der Waals surface area contributed by atoms with Gasteiger partial charge in [-0.05, 0) is 29.0 Å². The van der Waals surface area contributed by atoms with Gasteiger partial charge in [-0.3, -0.25) is 0 Å². The number of alkyl halides is 3. The molecule has 0 aliphatic heterocycles. The van der Waals surface area contributed by atoms with Gasteiger partial charge in [-0.25, -0.2) is 0 Å². The van der Waals surface area contributed by atoms with Crippen molar-refractivity contribution in [2.45, 2.75) is 6.18 Å². The van der Waals surface area contributed by atoms with Gasteiger partial charge in [0.1, 0.15) is 0 Å². The maximum Gasteiger partial charge on any atom is 0.417 e. The van der Waals surface area contributed by atoms with Gasteiger partial charge < -0.3 is 5.73 Å². The zero-order valence-electron chi connectivity index (χ0n) is 7.68. The first kappa shape index (κ1) is 9.83. The van der Waals surface area contributed by atoms with E-state index in [0.717, 1.165) is 6.07 Å². The SMILES string of the molecule is Nc1ccc2cccc(C(F)(F)F)c2c1. The molecule has 0 aromatic heterocycles. The Morgan fingerprint density at radius 1 is 1.00 bits per heavy atom. The molecule has 0 aliphatic carbocycles. The molecule has 0 atom stereocenters. The Kier molecular flexibility index (Phi) is 2.07. The fraction of sp³-hybridized carbons (Fsp3) is 0.0909. The van der Waals surface area contributed by atoms with Crippen LogP contribution in [0.15, 0.2) is 36.4 Å². The Morgan fingerprint density at radius 3 is 2.40 bits per heavy atom. The quantitative estimate of drug-likeness (QED) is 0.663. The van der Waals surface area contributed by atoms with Crippen LogP contribution in [0.5, 0.6) is 0 Å². The minimum atomic E-state index is -4.34. The average Bonchev–Trinajstić information content (AvgIpc) is 2.15. The van der Waals surface area contributed by atoms with E-state index in [9.17, 15) is 13.2 Å². The van der Waals surface area contributed by atoms with E-state index in [1.54, 1.807) is 18.2 Å². The van der Waals surface area contributed by atoms with Crippen LogP contribution in [0, 0.1) is 0 Å². The Bertz CT molecular complexity index is 503. The molecule has 0 unspecified atom stereocenters. The predicted octanol–water partition coefficient (Wildman–Crippen LogP) is 3.44. The lowest BCUT2D eigenvalue weighted by Crippen LogP contribution is -2.05. The van der Waals surface area contributed by atoms with E-state index in [1.807, 2.05) is 0 Å². The summed E-state index contributed by atoms with van der Waals surface area (Å²) in [5.74, 6) is 0. The van der Waals surface area contributed by atoms with Gasteiger partial charge in [0, 0.05) is 5.69 Å². The van der Waals surface area contributed by atoms with E-state index in [1.165, 1.54) is 12.1 Å². The summed E-state index contributed by atoms with van der Waals surface area (Å²) in [6.45, 7) is 0. The first-order valence-corrected chi connectivity index (χ1v) is 4.34. The summed E-state index contributed by atoms with van der Waals surface area (Å²) in [6.07, 6.45) is -4.34. The van der Waals surface area contributed by atoms with E-state index in [0.29, 0.717) is 11.1 Å². The summed E-state index contributed by atoms with van der Waals surface area (Å²) in [4.78, 5) is 0. The number of hydrogen-bond donors (Lipinski definition) is 1. The van der Waals surface area contributed by atoms with Crippen LogP contribution < -0.4 is 5.73 Å². The van der Waals surface area contributed by atoms with E-state index in [-0.39, 0.29) is 5.39 Å². The molecule has 0 amide bonds. The molecule has 78 valence electrons. The molecular formula is C11H8F3N. The summed E-state index contributed by atoms with van der Waals surface area (Å²) in [6, 6.07) is 8.59. The van der Waals surface area contributed by atoms with E-state index in [2.05, 4.69) is 0 Å². The smallest absolute Gasteiger partial charge is 0.399 e. The Labute approximate surface area is 84.3 Å². The summed E-state index contributed by atoms with van der Waals surface area (Å²) in [5.41, 5.74) is 5.16. The number of benzene rings is 2. The molecule has 1 nitrogen and oxygen atoms in total.